The van der Waals surface area contributed by atoms with Gasteiger partial charge in [0.2, 0.25) is 0 Å². The van der Waals surface area contributed by atoms with Crippen molar-refractivity contribution in [1.82, 2.24) is 4.57 Å². The monoisotopic (exact) mass is 627 g/mol. The van der Waals surface area contributed by atoms with E-state index in [2.05, 4.69) is 129 Å². The van der Waals surface area contributed by atoms with Gasteiger partial charge in [0.25, 0.3) is 0 Å². The first-order valence-electron chi connectivity index (χ1n) is 15.1. The third kappa shape index (κ3) is 8.30. The molecule has 4 aliphatic carbocycles. The predicted octanol–water partition coefficient (Wildman–Crippen LogP) is 8.31. The summed E-state index contributed by atoms with van der Waals surface area (Å²) in [6.07, 6.45) is 21.2. The van der Waals surface area contributed by atoms with E-state index in [0.29, 0.717) is 6.04 Å². The van der Waals surface area contributed by atoms with Gasteiger partial charge in [0.1, 0.15) is 0 Å². The van der Waals surface area contributed by atoms with Crippen LogP contribution in [0.2, 0.25) is 6.04 Å². The smallest absolute Gasteiger partial charge is 0.375 e. The van der Waals surface area contributed by atoms with Crippen LogP contribution in [0.3, 0.4) is 0 Å². The molecule has 2 aromatic rings. The zero-order valence-corrected chi connectivity index (χ0v) is 28.8. The maximum absolute atomic E-state index is 13.1. The fourth-order valence-corrected chi connectivity index (χ4v) is 7.19. The van der Waals surface area contributed by atoms with E-state index in [-0.39, 0.29) is 27.3 Å². The quantitative estimate of drug-likeness (QED) is 0.158. The molecular weight excluding hydrogens is 586 g/mol. The van der Waals surface area contributed by atoms with Gasteiger partial charge in [-0.15, -0.1) is 0 Å². The van der Waals surface area contributed by atoms with Crippen molar-refractivity contribution in [3.63, 3.8) is 0 Å². The van der Waals surface area contributed by atoms with Crippen LogP contribution in [0.5, 0.6) is 0 Å². The Hall–Kier alpha value is -3.63. The molecule has 0 unspecified atom stereocenters. The molecule has 0 aromatic heterocycles. The third-order valence-corrected chi connectivity index (χ3v) is 10.3. The van der Waals surface area contributed by atoms with E-state index in [1.54, 1.807) is 0 Å². The Kier molecular flexibility index (Phi) is 11.6. The number of hydrogen-bond acceptors (Lipinski definition) is 1. The van der Waals surface area contributed by atoms with Crippen LogP contribution in [0, 0.1) is 0 Å². The first-order chi connectivity index (χ1) is 20.8. The fraction of sp³-hybridized carbons (Fsp3) is 0.200. The van der Waals surface area contributed by atoms with Gasteiger partial charge in [0.15, 0.2) is 0 Å². The number of nitrogens with zero attached hydrogens (tertiary/aromatic N) is 1. The summed E-state index contributed by atoms with van der Waals surface area (Å²) in [6, 6.07) is 30.2. The molecular formula is C40H41NOSiTi. The van der Waals surface area contributed by atoms with Crippen molar-refractivity contribution in [3.05, 3.63) is 148 Å². The van der Waals surface area contributed by atoms with Crippen LogP contribution >= 0.6 is 0 Å². The molecule has 0 spiro atoms. The van der Waals surface area contributed by atoms with Crippen LogP contribution in [0.4, 0.5) is 0 Å². The molecule has 44 heavy (non-hydrogen) atoms. The van der Waals surface area contributed by atoms with Crippen LogP contribution in [-0.4, -0.2) is 26.0 Å². The van der Waals surface area contributed by atoms with Crippen molar-refractivity contribution in [2.75, 3.05) is 7.05 Å². The molecule has 0 N–H and O–H groups in total. The number of rotatable bonds is 6. The summed E-state index contributed by atoms with van der Waals surface area (Å²) < 4.78 is 15.2. The van der Waals surface area contributed by atoms with Gasteiger partial charge in [-0.1, -0.05) is 139 Å². The van der Waals surface area contributed by atoms with Gasteiger partial charge in [0.05, 0.1) is 0 Å². The van der Waals surface area contributed by atoms with E-state index in [4.69, 9.17) is 0 Å². The molecule has 220 valence electrons. The summed E-state index contributed by atoms with van der Waals surface area (Å²) in [5, 5.41) is 2.63. The van der Waals surface area contributed by atoms with Crippen molar-refractivity contribution in [3.8, 4) is 11.1 Å². The van der Waals surface area contributed by atoms with Crippen molar-refractivity contribution >= 4 is 38.7 Å². The molecule has 0 radical (unpaired) electrons. The first kappa shape index (κ1) is 33.3. The molecule has 0 fully saturated rings. The average Bonchev–Trinajstić information content (AvgIpc) is 3.27. The summed E-state index contributed by atoms with van der Waals surface area (Å²) >= 11 is 0. The van der Waals surface area contributed by atoms with E-state index in [1.807, 2.05) is 43.4 Å². The molecule has 6 rings (SSSR count). The largest absolute Gasteiger partial charge is 0.399 e. The molecule has 0 atom stereocenters. The minimum atomic E-state index is -1.86. The van der Waals surface area contributed by atoms with Crippen LogP contribution in [0.15, 0.2) is 115 Å². The van der Waals surface area contributed by atoms with E-state index in [0.717, 1.165) is 12.8 Å². The summed E-state index contributed by atoms with van der Waals surface area (Å²) in [6.45, 7) is 6.38. The van der Waals surface area contributed by atoms with Gasteiger partial charge in [-0.05, 0) is 83.5 Å². The predicted molar refractivity (Wildman–Crippen MR) is 186 cm³/mol. The number of fused-ring (bicyclic) bond motifs is 5. The molecule has 0 aliphatic heterocycles. The third-order valence-electron chi connectivity index (χ3n) is 8.14. The summed E-state index contributed by atoms with van der Waals surface area (Å²) in [7, 11) is 0.125. The molecule has 0 saturated carbocycles. The molecule has 2 aromatic carbocycles. The van der Waals surface area contributed by atoms with E-state index >= 15 is 0 Å². The van der Waals surface area contributed by atoms with Crippen LogP contribution < -0.4 is 10.4 Å². The van der Waals surface area contributed by atoms with Crippen LogP contribution in [0.1, 0.15) is 49.4 Å². The molecule has 0 bridgehead atoms. The molecule has 0 saturated heterocycles. The zero-order chi connectivity index (χ0) is 30.2. The Balaban J connectivity index is 0.000000223. The Morgan fingerprint density at radius 2 is 1.43 bits per heavy atom. The Labute approximate surface area is 279 Å². The summed E-state index contributed by atoms with van der Waals surface area (Å²) in [4.78, 5) is 0. The Bertz CT molecular complexity index is 1750. The minimum absolute atomic E-state index is 0. The topological polar surface area (TPSA) is 20.3 Å². The van der Waals surface area contributed by atoms with Gasteiger partial charge in [0, 0.05) is 40.3 Å². The molecule has 0 amide bonds. The molecule has 0 heterocycles. The Morgan fingerprint density at radius 3 is 2.05 bits per heavy atom. The van der Waals surface area contributed by atoms with E-state index < -0.39 is 8.84 Å². The van der Waals surface area contributed by atoms with Crippen molar-refractivity contribution < 1.29 is 26.2 Å². The number of hydrogen-bond donors (Lipinski definition) is 0. The summed E-state index contributed by atoms with van der Waals surface area (Å²) in [5.41, 5.74) is 8.98. The van der Waals surface area contributed by atoms with Crippen LogP contribution in [-0.2, 0) is 32.6 Å². The number of allylic oxidation sites excluding steroid dienone is 5. The first-order valence-corrected chi connectivity index (χ1v) is 16.7. The standard InChI is InChI=1S/C24H27NOSi.C16H14.Ti/c1-24(2,3)25(4)27(26)16-19-12-7-10-17-11-8-14-21-20-13-6-5-9-18(20)15-22(21)23(17)19;1-3-9-15(10-4-1)13-7-8-14-16-11-5-2-6-12-16;/h5-11,14-15H,12-13,16H2,1-4H3;1-14H;. The second-order valence-electron chi connectivity index (χ2n) is 12.1. The maximum Gasteiger partial charge on any atom is 0.399 e. The van der Waals surface area contributed by atoms with Gasteiger partial charge in [-0.25, -0.2) is 0 Å². The molecule has 4 aliphatic rings. The second-order valence-corrected chi connectivity index (χ2v) is 13.9. The fourth-order valence-electron chi connectivity index (χ4n) is 5.52. The average molecular weight is 628 g/mol. The maximum atomic E-state index is 13.1. The van der Waals surface area contributed by atoms with E-state index in [1.165, 1.54) is 49.4 Å². The number of benzene rings is 2. The Morgan fingerprint density at radius 1 is 0.795 bits per heavy atom. The van der Waals surface area contributed by atoms with Gasteiger partial charge in [-0.2, -0.15) is 0 Å². The summed E-state index contributed by atoms with van der Waals surface area (Å²) in [5.74, 6) is 0. The molecule has 2 nitrogen and oxygen atoms in total. The van der Waals surface area contributed by atoms with Crippen LogP contribution in [0.25, 0.3) is 41.0 Å². The zero-order valence-electron chi connectivity index (χ0n) is 26.3. The van der Waals surface area contributed by atoms with Gasteiger partial charge >= 0.3 is 8.84 Å². The van der Waals surface area contributed by atoms with E-state index in [9.17, 15) is 4.46 Å². The van der Waals surface area contributed by atoms with Crippen molar-refractivity contribution in [2.45, 2.75) is 45.2 Å². The second kappa shape index (κ2) is 15.4. The van der Waals surface area contributed by atoms with Gasteiger partial charge < -0.3 is 9.03 Å². The van der Waals surface area contributed by atoms with Crippen molar-refractivity contribution in [2.24, 2.45) is 0 Å². The SMILES string of the molecule is C(C=Cc1ccccc1)=Cc1ccccc1.CN([Si](=O)CC1=c2c(cccc3c4c(cc2-3)=CC=CC4)C=CC1)C(C)(C)C.[Ti]. The molecule has 4 heteroatoms. The van der Waals surface area contributed by atoms with Crippen molar-refractivity contribution in [1.29, 1.82) is 0 Å². The van der Waals surface area contributed by atoms with Gasteiger partial charge in [-0.3, -0.25) is 0 Å². The minimum Gasteiger partial charge on any atom is -0.375 e. The normalized spacial score (nSPS) is 13.5.